The van der Waals surface area contributed by atoms with E-state index in [2.05, 4.69) is 4.99 Å². The minimum absolute atomic E-state index is 0.258. The summed E-state index contributed by atoms with van der Waals surface area (Å²) in [6.07, 6.45) is 1.14. The largest absolute Gasteiger partial charge is 0.427 e. The summed E-state index contributed by atoms with van der Waals surface area (Å²) in [5.74, 6) is 1.03. The molecule has 0 aromatic carbocycles. The van der Waals surface area contributed by atoms with Crippen molar-refractivity contribution in [3.63, 3.8) is 0 Å². The maximum atomic E-state index is 5.11. The predicted octanol–water partition coefficient (Wildman–Crippen LogP) is 0.00420. The Hall–Kier alpha value is -0.553. The van der Waals surface area contributed by atoms with Gasteiger partial charge in [-0.1, -0.05) is 0 Å². The van der Waals surface area contributed by atoms with Crippen molar-refractivity contribution >= 4 is 15.7 Å². The molecule has 14 heavy (non-hydrogen) atoms. The van der Waals surface area contributed by atoms with Gasteiger partial charge < -0.3 is 14.2 Å². The van der Waals surface area contributed by atoms with Crippen molar-refractivity contribution in [2.75, 3.05) is 41.8 Å². The maximum Gasteiger partial charge on any atom is 0.195 e. The first kappa shape index (κ1) is 13.4. The van der Waals surface area contributed by atoms with E-state index in [1.165, 1.54) is 6.04 Å². The van der Waals surface area contributed by atoms with Crippen molar-refractivity contribution in [1.29, 1.82) is 0 Å². The fourth-order valence-electron chi connectivity index (χ4n) is 1.22. The van der Waals surface area contributed by atoms with Crippen molar-refractivity contribution in [1.82, 2.24) is 9.80 Å². The summed E-state index contributed by atoms with van der Waals surface area (Å²) >= 11 is 0. The van der Waals surface area contributed by atoms with Crippen molar-refractivity contribution in [2.24, 2.45) is 4.99 Å². The molecule has 0 rings (SSSR count). The number of nitrogens with zero attached hydrogens (tertiary/aromatic N) is 3. The predicted molar refractivity (Wildman–Crippen MR) is 64.7 cm³/mol. The molecule has 5 heteroatoms. The Morgan fingerprint density at radius 3 is 2.21 bits per heavy atom. The van der Waals surface area contributed by atoms with Crippen molar-refractivity contribution in [3.8, 4) is 0 Å². The van der Waals surface area contributed by atoms with Gasteiger partial charge in [0.25, 0.3) is 0 Å². The van der Waals surface area contributed by atoms with Gasteiger partial charge in [0.1, 0.15) is 0 Å². The van der Waals surface area contributed by atoms with Crippen LogP contribution in [-0.2, 0) is 4.43 Å². The van der Waals surface area contributed by atoms with Crippen LogP contribution in [0.25, 0.3) is 0 Å². The lowest BCUT2D eigenvalue weighted by Gasteiger charge is -2.22. The van der Waals surface area contributed by atoms with Crippen LogP contribution >= 0.6 is 0 Å². The summed E-state index contributed by atoms with van der Waals surface area (Å²) < 4.78 is 5.11. The van der Waals surface area contributed by atoms with E-state index in [0.717, 1.165) is 18.9 Å². The van der Waals surface area contributed by atoms with Gasteiger partial charge in [0, 0.05) is 41.8 Å². The quantitative estimate of drug-likeness (QED) is 0.281. The number of hydrogen-bond acceptors (Lipinski definition) is 2. The lowest BCUT2D eigenvalue weighted by atomic mass is 10.5. The van der Waals surface area contributed by atoms with Gasteiger partial charge in [-0.2, -0.15) is 0 Å². The van der Waals surface area contributed by atoms with Crippen LogP contribution in [0.4, 0.5) is 0 Å². The summed E-state index contributed by atoms with van der Waals surface area (Å²) in [5, 5.41) is 0. The summed E-state index contributed by atoms with van der Waals surface area (Å²) in [7, 11) is 9.60. The minimum Gasteiger partial charge on any atom is -0.427 e. The second-order valence-corrected chi connectivity index (χ2v) is 5.36. The van der Waals surface area contributed by atoms with Crippen LogP contribution in [0, 0.1) is 0 Å². The molecule has 0 N–H and O–H groups in total. The fraction of sp³-hybridized carbons (Fsp3) is 0.889. The molecule has 0 heterocycles. The zero-order chi connectivity index (χ0) is 11.0. The first-order valence-corrected chi connectivity index (χ1v) is 6.55. The Balaban J connectivity index is 3.80. The van der Waals surface area contributed by atoms with E-state index in [1.54, 1.807) is 7.11 Å². The third-order valence-corrected chi connectivity index (χ3v) is 3.01. The number of aliphatic imine (C=N–C) groups is 1. The van der Waals surface area contributed by atoms with Crippen LogP contribution in [0.3, 0.4) is 0 Å². The second kappa shape index (κ2) is 7.81. The third kappa shape index (κ3) is 5.99. The van der Waals surface area contributed by atoms with Crippen LogP contribution in [0.5, 0.6) is 0 Å². The van der Waals surface area contributed by atoms with Crippen molar-refractivity contribution in [3.05, 3.63) is 0 Å². The normalized spacial score (nSPS) is 10.6. The molecular formula is C9H23N3OSi. The molecule has 0 bridgehead atoms. The summed E-state index contributed by atoms with van der Waals surface area (Å²) in [6, 6.07) is 1.22. The molecule has 84 valence electrons. The van der Waals surface area contributed by atoms with E-state index in [-0.39, 0.29) is 9.76 Å². The highest BCUT2D eigenvalue weighted by Crippen LogP contribution is 1.94. The van der Waals surface area contributed by atoms with Crippen molar-refractivity contribution in [2.45, 2.75) is 12.5 Å². The molecule has 0 aromatic heterocycles. The Kier molecular flexibility index (Phi) is 7.51. The Morgan fingerprint density at radius 2 is 1.79 bits per heavy atom. The standard InChI is InChI=1S/C9H23N3OSi/c1-11(2)9(12(3)4)10-7-6-8-14-13-5/h6-8,14H2,1-5H3. The number of hydrogen-bond donors (Lipinski definition) is 0. The first-order valence-electron chi connectivity index (χ1n) is 4.97. The highest BCUT2D eigenvalue weighted by Gasteiger charge is 2.02. The first-order chi connectivity index (χ1) is 6.59. The van der Waals surface area contributed by atoms with Gasteiger partial charge in [-0.05, 0) is 12.5 Å². The Bertz CT molecular complexity index is 161. The molecule has 0 aliphatic carbocycles. The SMILES string of the molecule is CO[SiH2]CCCN=C(N(C)C)N(C)C. The zero-order valence-corrected chi connectivity index (χ0v) is 11.5. The molecule has 4 nitrogen and oxygen atoms in total. The van der Waals surface area contributed by atoms with E-state index < -0.39 is 0 Å². The molecule has 0 aliphatic heterocycles. The fourth-order valence-corrected chi connectivity index (χ4v) is 1.94. The average Bonchev–Trinajstić information content (AvgIpc) is 2.09. The summed E-state index contributed by atoms with van der Waals surface area (Å²) in [6.45, 7) is 0.905. The van der Waals surface area contributed by atoms with Gasteiger partial charge in [-0.3, -0.25) is 4.99 Å². The molecular weight excluding hydrogens is 194 g/mol. The van der Waals surface area contributed by atoms with E-state index in [9.17, 15) is 0 Å². The number of guanidine groups is 1. The lowest BCUT2D eigenvalue weighted by molar-refractivity contribution is 0.439. The second-order valence-electron chi connectivity index (χ2n) is 3.67. The highest BCUT2D eigenvalue weighted by molar-refractivity contribution is 6.26. The average molecular weight is 217 g/mol. The monoisotopic (exact) mass is 217 g/mol. The van der Waals surface area contributed by atoms with Gasteiger partial charge in [0.05, 0.1) is 0 Å². The van der Waals surface area contributed by atoms with Crippen molar-refractivity contribution < 1.29 is 4.43 Å². The van der Waals surface area contributed by atoms with Crippen LogP contribution in [0.2, 0.25) is 6.04 Å². The Morgan fingerprint density at radius 1 is 1.21 bits per heavy atom. The molecule has 0 unspecified atom stereocenters. The maximum absolute atomic E-state index is 5.11. The van der Waals surface area contributed by atoms with Gasteiger partial charge in [0.15, 0.2) is 15.7 Å². The van der Waals surface area contributed by atoms with Gasteiger partial charge in [0.2, 0.25) is 0 Å². The summed E-state index contributed by atoms with van der Waals surface area (Å²) in [5.41, 5.74) is 0. The van der Waals surface area contributed by atoms with Gasteiger partial charge >= 0.3 is 0 Å². The molecule has 0 amide bonds. The van der Waals surface area contributed by atoms with Crippen LogP contribution in [0.1, 0.15) is 6.42 Å². The summed E-state index contributed by atoms with van der Waals surface area (Å²) in [4.78, 5) is 8.60. The highest BCUT2D eigenvalue weighted by atomic mass is 28.2. The van der Waals surface area contributed by atoms with E-state index in [0.29, 0.717) is 0 Å². The van der Waals surface area contributed by atoms with E-state index in [1.807, 2.05) is 38.0 Å². The van der Waals surface area contributed by atoms with Gasteiger partial charge in [-0.15, -0.1) is 0 Å². The topological polar surface area (TPSA) is 28.1 Å². The number of rotatable bonds is 5. The lowest BCUT2D eigenvalue weighted by Crippen LogP contribution is -2.35. The molecule has 0 atom stereocenters. The van der Waals surface area contributed by atoms with Crippen LogP contribution in [-0.4, -0.2) is 67.4 Å². The molecule has 0 radical (unpaired) electrons. The van der Waals surface area contributed by atoms with E-state index >= 15 is 0 Å². The third-order valence-electron chi connectivity index (χ3n) is 1.81. The molecule has 0 saturated heterocycles. The Labute approximate surface area is 89.9 Å². The smallest absolute Gasteiger partial charge is 0.195 e. The molecule has 0 aromatic rings. The zero-order valence-electron chi connectivity index (χ0n) is 10.1. The molecule has 0 aliphatic rings. The van der Waals surface area contributed by atoms with E-state index in [4.69, 9.17) is 4.43 Å². The van der Waals surface area contributed by atoms with Gasteiger partial charge in [-0.25, -0.2) is 0 Å². The molecule has 0 fully saturated rings. The van der Waals surface area contributed by atoms with Crippen LogP contribution in [0.15, 0.2) is 4.99 Å². The molecule has 0 spiro atoms. The molecule has 0 saturated carbocycles. The van der Waals surface area contributed by atoms with Crippen LogP contribution < -0.4 is 0 Å². The minimum atomic E-state index is -0.258.